The summed E-state index contributed by atoms with van der Waals surface area (Å²) in [7, 11) is 2.00. The monoisotopic (exact) mass is 257 g/mol. The second kappa shape index (κ2) is 7.20. The highest BCUT2D eigenvalue weighted by Crippen LogP contribution is 2.19. The van der Waals surface area contributed by atoms with Gasteiger partial charge in [0.2, 0.25) is 0 Å². The van der Waals surface area contributed by atoms with Gasteiger partial charge in [0.05, 0.1) is 6.42 Å². The SMILES string of the molecule is CCN(C)CCNC(=O)N1CCCC1CC(=O)O. The Labute approximate surface area is 108 Å². The van der Waals surface area contributed by atoms with Crippen LogP contribution in [0.4, 0.5) is 4.79 Å². The summed E-state index contributed by atoms with van der Waals surface area (Å²) >= 11 is 0. The van der Waals surface area contributed by atoms with Gasteiger partial charge in [0.1, 0.15) is 0 Å². The van der Waals surface area contributed by atoms with Crippen molar-refractivity contribution in [2.75, 3.05) is 33.2 Å². The molecule has 2 N–H and O–H groups in total. The van der Waals surface area contributed by atoms with Gasteiger partial charge in [-0.15, -0.1) is 0 Å². The fraction of sp³-hybridized carbons (Fsp3) is 0.833. The van der Waals surface area contributed by atoms with Gasteiger partial charge in [-0.1, -0.05) is 6.92 Å². The molecule has 0 aromatic rings. The highest BCUT2D eigenvalue weighted by Gasteiger charge is 2.30. The largest absolute Gasteiger partial charge is 0.481 e. The summed E-state index contributed by atoms with van der Waals surface area (Å²) in [5.74, 6) is -0.842. The maximum Gasteiger partial charge on any atom is 0.317 e. The van der Waals surface area contributed by atoms with Crippen molar-refractivity contribution in [1.29, 1.82) is 0 Å². The number of carbonyl (C=O) groups is 2. The molecule has 1 aliphatic heterocycles. The number of likely N-dealkylation sites (N-methyl/N-ethyl adjacent to an activating group) is 1. The molecule has 0 spiro atoms. The zero-order valence-electron chi connectivity index (χ0n) is 11.2. The summed E-state index contributed by atoms with van der Waals surface area (Å²) in [6, 6.07) is -0.283. The van der Waals surface area contributed by atoms with E-state index in [4.69, 9.17) is 5.11 Å². The number of aliphatic carboxylic acids is 1. The first-order valence-corrected chi connectivity index (χ1v) is 6.49. The second-order valence-corrected chi connectivity index (χ2v) is 4.72. The summed E-state index contributed by atoms with van der Waals surface area (Å²) in [5.41, 5.74) is 0. The first-order chi connectivity index (χ1) is 8.54. The van der Waals surface area contributed by atoms with Crippen molar-refractivity contribution in [3.05, 3.63) is 0 Å². The van der Waals surface area contributed by atoms with Crippen molar-refractivity contribution in [2.24, 2.45) is 0 Å². The van der Waals surface area contributed by atoms with Crippen molar-refractivity contribution < 1.29 is 14.7 Å². The van der Waals surface area contributed by atoms with E-state index in [1.165, 1.54) is 0 Å². The van der Waals surface area contributed by atoms with E-state index < -0.39 is 5.97 Å². The number of carbonyl (C=O) groups excluding carboxylic acids is 1. The van der Waals surface area contributed by atoms with Gasteiger partial charge in [-0.05, 0) is 26.4 Å². The Morgan fingerprint density at radius 2 is 2.22 bits per heavy atom. The summed E-state index contributed by atoms with van der Waals surface area (Å²) < 4.78 is 0. The minimum Gasteiger partial charge on any atom is -0.481 e. The van der Waals surface area contributed by atoms with Gasteiger partial charge in [0, 0.05) is 25.7 Å². The number of urea groups is 1. The first-order valence-electron chi connectivity index (χ1n) is 6.49. The fourth-order valence-corrected chi connectivity index (χ4v) is 2.13. The molecule has 0 aliphatic carbocycles. The van der Waals surface area contributed by atoms with Crippen LogP contribution in [-0.4, -0.2) is 66.2 Å². The van der Waals surface area contributed by atoms with Gasteiger partial charge in [0.25, 0.3) is 0 Å². The number of nitrogens with one attached hydrogen (secondary N) is 1. The Kier molecular flexibility index (Phi) is 5.91. The van der Waals surface area contributed by atoms with E-state index >= 15 is 0 Å². The van der Waals surface area contributed by atoms with Gasteiger partial charge in [-0.3, -0.25) is 4.79 Å². The molecule has 1 rings (SSSR count). The Balaban J connectivity index is 2.33. The smallest absolute Gasteiger partial charge is 0.317 e. The molecular weight excluding hydrogens is 234 g/mol. The minimum atomic E-state index is -0.842. The topological polar surface area (TPSA) is 72.9 Å². The van der Waals surface area contributed by atoms with Gasteiger partial charge in [0.15, 0.2) is 0 Å². The lowest BCUT2D eigenvalue weighted by molar-refractivity contribution is -0.137. The highest BCUT2D eigenvalue weighted by molar-refractivity contribution is 5.76. The van der Waals surface area contributed by atoms with Crippen LogP contribution in [0.3, 0.4) is 0 Å². The average Bonchev–Trinajstić information content (AvgIpc) is 2.75. The number of hydrogen-bond acceptors (Lipinski definition) is 3. The molecule has 1 fully saturated rings. The second-order valence-electron chi connectivity index (χ2n) is 4.72. The molecule has 0 aromatic carbocycles. The molecule has 104 valence electrons. The van der Waals surface area contributed by atoms with E-state index in [0.29, 0.717) is 13.1 Å². The summed E-state index contributed by atoms with van der Waals surface area (Å²) in [4.78, 5) is 26.4. The van der Waals surface area contributed by atoms with Gasteiger partial charge < -0.3 is 20.2 Å². The van der Waals surface area contributed by atoms with Crippen LogP contribution in [0.1, 0.15) is 26.2 Å². The molecule has 1 aliphatic rings. The number of rotatable bonds is 6. The quantitative estimate of drug-likeness (QED) is 0.730. The molecule has 1 atom stereocenters. The van der Waals surface area contributed by atoms with Crippen molar-refractivity contribution in [2.45, 2.75) is 32.2 Å². The highest BCUT2D eigenvalue weighted by atomic mass is 16.4. The molecule has 6 nitrogen and oxygen atoms in total. The van der Waals surface area contributed by atoms with Crippen LogP contribution in [0.5, 0.6) is 0 Å². The normalized spacial score (nSPS) is 19.3. The molecule has 1 unspecified atom stereocenters. The fourth-order valence-electron chi connectivity index (χ4n) is 2.13. The summed E-state index contributed by atoms with van der Waals surface area (Å²) in [6.07, 6.45) is 1.72. The van der Waals surface area contributed by atoms with Crippen LogP contribution < -0.4 is 5.32 Å². The third-order valence-electron chi connectivity index (χ3n) is 3.36. The van der Waals surface area contributed by atoms with E-state index in [1.54, 1.807) is 4.90 Å². The predicted molar refractivity (Wildman–Crippen MR) is 68.6 cm³/mol. The lowest BCUT2D eigenvalue weighted by Crippen LogP contribution is -2.45. The molecule has 0 aromatic heterocycles. The molecule has 1 saturated heterocycles. The molecule has 2 amide bonds. The molecule has 0 saturated carbocycles. The number of carboxylic acid groups (broad SMARTS) is 1. The molecule has 0 bridgehead atoms. The summed E-state index contributed by atoms with van der Waals surface area (Å²) in [6.45, 7) is 5.07. The Hall–Kier alpha value is -1.30. The molecule has 0 radical (unpaired) electrons. The van der Waals surface area contributed by atoms with Crippen LogP contribution in [-0.2, 0) is 4.79 Å². The van der Waals surface area contributed by atoms with Crippen molar-refractivity contribution in [3.8, 4) is 0 Å². The van der Waals surface area contributed by atoms with E-state index in [2.05, 4.69) is 17.1 Å². The van der Waals surface area contributed by atoms with Crippen LogP contribution in [0, 0.1) is 0 Å². The van der Waals surface area contributed by atoms with Crippen LogP contribution >= 0.6 is 0 Å². The number of likely N-dealkylation sites (tertiary alicyclic amines) is 1. The maximum absolute atomic E-state index is 11.9. The Morgan fingerprint density at radius 3 is 2.83 bits per heavy atom. The van der Waals surface area contributed by atoms with E-state index in [0.717, 1.165) is 25.9 Å². The Bertz CT molecular complexity index is 296. The van der Waals surface area contributed by atoms with E-state index in [-0.39, 0.29) is 18.5 Å². The van der Waals surface area contributed by atoms with Crippen molar-refractivity contribution in [1.82, 2.24) is 15.1 Å². The Morgan fingerprint density at radius 1 is 1.50 bits per heavy atom. The zero-order valence-corrected chi connectivity index (χ0v) is 11.2. The van der Waals surface area contributed by atoms with E-state index in [1.807, 2.05) is 7.05 Å². The maximum atomic E-state index is 11.9. The first kappa shape index (κ1) is 14.8. The van der Waals surface area contributed by atoms with Gasteiger partial charge in [-0.25, -0.2) is 4.79 Å². The van der Waals surface area contributed by atoms with Crippen LogP contribution in [0.15, 0.2) is 0 Å². The molecular formula is C12H23N3O3. The predicted octanol–water partition coefficient (Wildman–Crippen LogP) is 0.587. The van der Waals surface area contributed by atoms with Gasteiger partial charge >= 0.3 is 12.0 Å². The van der Waals surface area contributed by atoms with Crippen molar-refractivity contribution >= 4 is 12.0 Å². The van der Waals surface area contributed by atoms with Crippen LogP contribution in [0.2, 0.25) is 0 Å². The molecule has 1 heterocycles. The van der Waals surface area contributed by atoms with E-state index in [9.17, 15) is 9.59 Å². The molecule has 6 heteroatoms. The lowest BCUT2D eigenvalue weighted by atomic mass is 10.1. The average molecular weight is 257 g/mol. The standard InChI is InChI=1S/C12H23N3O3/c1-3-14(2)8-6-13-12(18)15-7-4-5-10(15)9-11(16)17/h10H,3-9H2,1-2H3,(H,13,18)(H,16,17). The number of nitrogens with zero attached hydrogens (tertiary/aromatic N) is 2. The lowest BCUT2D eigenvalue weighted by Gasteiger charge is -2.24. The number of carboxylic acids is 1. The van der Waals surface area contributed by atoms with Crippen molar-refractivity contribution in [3.63, 3.8) is 0 Å². The number of amides is 2. The van der Waals surface area contributed by atoms with Crippen LogP contribution in [0.25, 0.3) is 0 Å². The zero-order chi connectivity index (χ0) is 13.5. The number of hydrogen-bond donors (Lipinski definition) is 2. The van der Waals surface area contributed by atoms with Gasteiger partial charge in [-0.2, -0.15) is 0 Å². The summed E-state index contributed by atoms with van der Waals surface area (Å²) in [5, 5.41) is 11.6. The molecule has 18 heavy (non-hydrogen) atoms. The third-order valence-corrected chi connectivity index (χ3v) is 3.36. The minimum absolute atomic E-state index is 0.0439. The third kappa shape index (κ3) is 4.52.